The summed E-state index contributed by atoms with van der Waals surface area (Å²) in [6, 6.07) is 9.69. The van der Waals surface area contributed by atoms with Gasteiger partial charge in [0, 0.05) is 29.9 Å². The fourth-order valence-electron chi connectivity index (χ4n) is 3.16. The molecule has 2 aromatic rings. The quantitative estimate of drug-likeness (QED) is 0.787. The fraction of sp³-hybridized carbons (Fsp3) is 0.316. The number of nitrogens with zero attached hydrogens (tertiary/aromatic N) is 1. The summed E-state index contributed by atoms with van der Waals surface area (Å²) in [4.78, 5) is 12.5. The predicted molar refractivity (Wildman–Crippen MR) is 103 cm³/mol. The lowest BCUT2D eigenvalue weighted by atomic mass is 9.98. The second kappa shape index (κ2) is 8.55. The van der Waals surface area contributed by atoms with Crippen molar-refractivity contribution in [2.45, 2.75) is 18.6 Å². The highest BCUT2D eigenvalue weighted by Crippen LogP contribution is 2.24. The van der Waals surface area contributed by atoms with Crippen molar-refractivity contribution >= 4 is 33.2 Å². The van der Waals surface area contributed by atoms with Gasteiger partial charge in [-0.2, -0.15) is 0 Å². The molecule has 3 rings (SSSR count). The summed E-state index contributed by atoms with van der Waals surface area (Å²) in [6.45, 7) is 0.371. The summed E-state index contributed by atoms with van der Waals surface area (Å²) in [5.41, 5.74) is 0.698. The molecule has 1 saturated heterocycles. The Morgan fingerprint density at radius 1 is 1.18 bits per heavy atom. The second-order valence-electron chi connectivity index (χ2n) is 6.70. The van der Waals surface area contributed by atoms with Gasteiger partial charge in [-0.3, -0.25) is 4.79 Å². The molecule has 0 spiro atoms. The van der Waals surface area contributed by atoms with Crippen LogP contribution in [0.4, 0.5) is 14.5 Å². The number of nitrogens with one attached hydrogen (secondary N) is 1. The van der Waals surface area contributed by atoms with Gasteiger partial charge in [-0.1, -0.05) is 23.7 Å². The van der Waals surface area contributed by atoms with E-state index in [2.05, 4.69) is 5.32 Å². The molecule has 1 fully saturated rings. The number of sulfonamides is 1. The zero-order valence-corrected chi connectivity index (χ0v) is 16.4. The molecule has 1 aliphatic rings. The van der Waals surface area contributed by atoms with Gasteiger partial charge in [-0.15, -0.1) is 0 Å². The second-order valence-corrected chi connectivity index (χ2v) is 9.11. The van der Waals surface area contributed by atoms with E-state index in [9.17, 15) is 22.0 Å². The van der Waals surface area contributed by atoms with Crippen LogP contribution in [-0.4, -0.2) is 31.7 Å². The maximum atomic E-state index is 13.3. The smallest absolute Gasteiger partial charge is 0.228 e. The Hall–Kier alpha value is -2.03. The summed E-state index contributed by atoms with van der Waals surface area (Å²) in [5.74, 6) is -3.27. The van der Waals surface area contributed by atoms with E-state index in [0.29, 0.717) is 30.0 Å². The van der Waals surface area contributed by atoms with Crippen LogP contribution in [0.2, 0.25) is 5.02 Å². The zero-order chi connectivity index (χ0) is 20.3. The van der Waals surface area contributed by atoms with Crippen LogP contribution in [-0.2, 0) is 20.6 Å². The maximum Gasteiger partial charge on any atom is 0.228 e. The number of carbonyl (C=O) groups excluding carboxylic acids is 1. The van der Waals surface area contributed by atoms with Gasteiger partial charge in [0.1, 0.15) is 0 Å². The Morgan fingerprint density at radius 3 is 2.68 bits per heavy atom. The molecule has 2 aromatic carbocycles. The number of carbonyl (C=O) groups is 1. The Labute approximate surface area is 167 Å². The van der Waals surface area contributed by atoms with E-state index in [0.717, 1.165) is 12.1 Å². The molecule has 28 heavy (non-hydrogen) atoms. The molecule has 0 aliphatic carbocycles. The first-order valence-corrected chi connectivity index (χ1v) is 10.7. The maximum absolute atomic E-state index is 13.3. The van der Waals surface area contributed by atoms with Gasteiger partial charge in [0.15, 0.2) is 11.6 Å². The lowest BCUT2D eigenvalue weighted by Crippen LogP contribution is -2.44. The molecule has 1 aliphatic heterocycles. The molecule has 1 amide bonds. The average Bonchev–Trinajstić information content (AvgIpc) is 2.64. The van der Waals surface area contributed by atoms with Crippen LogP contribution in [0.25, 0.3) is 0 Å². The van der Waals surface area contributed by atoms with Crippen molar-refractivity contribution in [3.63, 3.8) is 0 Å². The number of amides is 1. The van der Waals surface area contributed by atoms with Crippen molar-refractivity contribution in [3.8, 4) is 0 Å². The summed E-state index contributed by atoms with van der Waals surface area (Å²) in [5, 5.41) is 2.98. The highest BCUT2D eigenvalue weighted by atomic mass is 35.5. The van der Waals surface area contributed by atoms with Crippen LogP contribution in [0.5, 0.6) is 0 Å². The lowest BCUT2D eigenvalue weighted by molar-refractivity contribution is -0.120. The highest BCUT2D eigenvalue weighted by molar-refractivity contribution is 7.88. The van der Waals surface area contributed by atoms with Crippen molar-refractivity contribution in [2.24, 2.45) is 5.92 Å². The van der Waals surface area contributed by atoms with E-state index >= 15 is 0 Å². The van der Waals surface area contributed by atoms with Crippen molar-refractivity contribution in [1.29, 1.82) is 0 Å². The van der Waals surface area contributed by atoms with Gasteiger partial charge in [-0.05, 0) is 42.7 Å². The van der Waals surface area contributed by atoms with Crippen molar-refractivity contribution in [3.05, 3.63) is 64.7 Å². The van der Waals surface area contributed by atoms with Crippen LogP contribution in [0.15, 0.2) is 42.5 Å². The first kappa shape index (κ1) is 20.7. The van der Waals surface area contributed by atoms with Gasteiger partial charge < -0.3 is 5.32 Å². The molecule has 5 nitrogen and oxygen atoms in total. The Balaban J connectivity index is 1.67. The molecular weight excluding hydrogens is 410 g/mol. The van der Waals surface area contributed by atoms with Gasteiger partial charge in [0.2, 0.25) is 15.9 Å². The van der Waals surface area contributed by atoms with E-state index < -0.39 is 33.5 Å². The Kier molecular flexibility index (Phi) is 6.32. The van der Waals surface area contributed by atoms with Crippen molar-refractivity contribution in [1.82, 2.24) is 4.31 Å². The average molecular weight is 429 g/mol. The molecule has 150 valence electrons. The van der Waals surface area contributed by atoms with E-state index in [1.54, 1.807) is 24.3 Å². The van der Waals surface area contributed by atoms with Gasteiger partial charge in [0.25, 0.3) is 0 Å². The topological polar surface area (TPSA) is 66.5 Å². The van der Waals surface area contributed by atoms with Crippen molar-refractivity contribution < 1.29 is 22.0 Å². The predicted octanol–water partition coefficient (Wildman–Crippen LogP) is 3.80. The van der Waals surface area contributed by atoms with Crippen LogP contribution >= 0.6 is 11.6 Å². The van der Waals surface area contributed by atoms with E-state index in [1.165, 1.54) is 10.4 Å². The summed E-state index contributed by atoms with van der Waals surface area (Å²) >= 11 is 5.91. The normalized spacial score (nSPS) is 18.0. The first-order valence-electron chi connectivity index (χ1n) is 8.73. The molecule has 0 saturated carbocycles. The molecule has 1 atom stereocenters. The third-order valence-electron chi connectivity index (χ3n) is 4.57. The van der Waals surface area contributed by atoms with Gasteiger partial charge >= 0.3 is 0 Å². The Bertz CT molecular complexity index is 985. The number of anilines is 1. The number of halogens is 3. The monoisotopic (exact) mass is 428 g/mol. The molecule has 0 unspecified atom stereocenters. The van der Waals surface area contributed by atoms with Gasteiger partial charge in [-0.25, -0.2) is 21.5 Å². The molecule has 1 heterocycles. The minimum Gasteiger partial charge on any atom is -0.326 e. The largest absolute Gasteiger partial charge is 0.326 e. The molecule has 0 aromatic heterocycles. The lowest BCUT2D eigenvalue weighted by Gasteiger charge is -2.31. The molecule has 9 heteroatoms. The zero-order valence-electron chi connectivity index (χ0n) is 14.9. The van der Waals surface area contributed by atoms with E-state index in [1.807, 2.05) is 0 Å². The van der Waals surface area contributed by atoms with Crippen molar-refractivity contribution in [2.75, 3.05) is 18.4 Å². The third-order valence-corrected chi connectivity index (χ3v) is 6.63. The minimum atomic E-state index is -3.62. The van der Waals surface area contributed by atoms with Gasteiger partial charge in [0.05, 0.1) is 11.7 Å². The molecule has 1 N–H and O–H groups in total. The third kappa shape index (κ3) is 5.06. The first-order chi connectivity index (χ1) is 13.2. The number of rotatable bonds is 5. The number of hydrogen-bond acceptors (Lipinski definition) is 3. The SMILES string of the molecule is O=C(Nc1ccc(F)c(F)c1)[C@H]1CCCN(S(=O)(=O)Cc2cccc(Cl)c2)C1. The molecule has 0 radical (unpaired) electrons. The van der Waals surface area contributed by atoms with Crippen LogP contribution in [0.1, 0.15) is 18.4 Å². The summed E-state index contributed by atoms with van der Waals surface area (Å²) in [7, 11) is -3.62. The van der Waals surface area contributed by atoms with E-state index in [-0.39, 0.29) is 18.0 Å². The highest BCUT2D eigenvalue weighted by Gasteiger charge is 2.32. The molecule has 0 bridgehead atoms. The number of piperidine rings is 1. The van der Waals surface area contributed by atoms with E-state index in [4.69, 9.17) is 11.6 Å². The van der Waals surface area contributed by atoms with Crippen LogP contribution in [0.3, 0.4) is 0 Å². The summed E-state index contributed by atoms with van der Waals surface area (Å²) in [6.07, 6.45) is 1.04. The summed E-state index contributed by atoms with van der Waals surface area (Å²) < 4.78 is 53.1. The number of benzene rings is 2. The standard InChI is InChI=1S/C19H19ClF2N2O3S/c20-15-5-1-3-13(9-15)12-28(26,27)24-8-2-4-14(11-24)19(25)23-16-6-7-17(21)18(22)10-16/h1,3,5-7,9-10,14H,2,4,8,11-12H2,(H,23,25)/t14-/m0/s1. The minimum absolute atomic E-state index is 0.0401. The number of hydrogen-bond donors (Lipinski definition) is 1. The fourth-order valence-corrected chi connectivity index (χ4v) is 4.97. The Morgan fingerprint density at radius 2 is 1.96 bits per heavy atom. The van der Waals surface area contributed by atoms with Crippen LogP contribution < -0.4 is 5.32 Å². The molecular formula is C19H19ClF2N2O3S. The van der Waals surface area contributed by atoms with Crippen LogP contribution in [0, 0.1) is 17.6 Å².